The van der Waals surface area contributed by atoms with Crippen molar-refractivity contribution < 1.29 is 9.53 Å². The Labute approximate surface area is 198 Å². The molecule has 168 valence electrons. The average molecular weight is 528 g/mol. The minimum atomic E-state index is 0. The maximum absolute atomic E-state index is 12.8. The van der Waals surface area contributed by atoms with Gasteiger partial charge in [0, 0.05) is 38.8 Å². The third-order valence-electron chi connectivity index (χ3n) is 6.39. The molecule has 1 aliphatic carbocycles. The van der Waals surface area contributed by atoms with Crippen molar-refractivity contribution in [3.8, 4) is 0 Å². The Balaban J connectivity index is 0.00000320. The van der Waals surface area contributed by atoms with E-state index in [9.17, 15) is 4.79 Å². The average Bonchev–Trinajstić information content (AvgIpc) is 2.69. The topological polar surface area (TPSA) is 66.0 Å². The molecule has 1 saturated carbocycles. The summed E-state index contributed by atoms with van der Waals surface area (Å²) in [6.45, 7) is 9.25. The van der Waals surface area contributed by atoms with Crippen molar-refractivity contribution in [2.45, 2.75) is 65.2 Å². The summed E-state index contributed by atoms with van der Waals surface area (Å²) >= 11 is 0. The van der Waals surface area contributed by atoms with Gasteiger partial charge in [0.15, 0.2) is 5.96 Å². The van der Waals surface area contributed by atoms with Crippen LogP contribution in [0, 0.1) is 5.41 Å². The zero-order chi connectivity index (χ0) is 20.9. The number of carbonyl (C=O) groups excluding carboxylic acids is 1. The maximum atomic E-state index is 12.8. The van der Waals surface area contributed by atoms with Gasteiger partial charge >= 0.3 is 0 Å². The molecule has 1 aliphatic heterocycles. The molecule has 0 spiro atoms. The van der Waals surface area contributed by atoms with Gasteiger partial charge < -0.3 is 20.3 Å². The Morgan fingerprint density at radius 2 is 1.80 bits per heavy atom. The summed E-state index contributed by atoms with van der Waals surface area (Å²) in [6, 6.07) is 7.86. The summed E-state index contributed by atoms with van der Waals surface area (Å²) in [4.78, 5) is 19.0. The molecule has 2 fully saturated rings. The van der Waals surface area contributed by atoms with Gasteiger partial charge in [-0.3, -0.25) is 9.79 Å². The minimum absolute atomic E-state index is 0. The number of morpholine rings is 1. The molecule has 2 atom stereocenters. The lowest BCUT2D eigenvalue weighted by Crippen LogP contribution is -2.48. The predicted octanol–water partition coefficient (Wildman–Crippen LogP) is 3.80. The van der Waals surface area contributed by atoms with Crippen LogP contribution in [0.5, 0.6) is 0 Å². The van der Waals surface area contributed by atoms with Crippen molar-refractivity contribution in [2.24, 2.45) is 10.4 Å². The van der Waals surface area contributed by atoms with Crippen LogP contribution in [0.25, 0.3) is 0 Å². The van der Waals surface area contributed by atoms with E-state index >= 15 is 0 Å². The van der Waals surface area contributed by atoms with Crippen LogP contribution in [0.1, 0.15) is 62.4 Å². The van der Waals surface area contributed by atoms with Crippen LogP contribution >= 0.6 is 24.0 Å². The molecule has 1 amide bonds. The number of aliphatic imine (C=N–C) groups is 1. The molecule has 0 aromatic heterocycles. The van der Waals surface area contributed by atoms with E-state index in [0.717, 1.165) is 23.6 Å². The van der Waals surface area contributed by atoms with Crippen molar-refractivity contribution in [3.63, 3.8) is 0 Å². The van der Waals surface area contributed by atoms with Gasteiger partial charge in [0.05, 0.1) is 12.2 Å². The molecule has 2 unspecified atom stereocenters. The second kappa shape index (κ2) is 11.3. The van der Waals surface area contributed by atoms with Crippen molar-refractivity contribution >= 4 is 35.8 Å². The first-order valence-electron chi connectivity index (χ1n) is 10.9. The highest BCUT2D eigenvalue weighted by molar-refractivity contribution is 14.0. The van der Waals surface area contributed by atoms with Crippen LogP contribution in [0.2, 0.25) is 0 Å². The number of ether oxygens (including phenoxy) is 1. The van der Waals surface area contributed by atoms with Crippen LogP contribution in [-0.2, 0) is 11.3 Å². The number of nitrogens with one attached hydrogen (secondary N) is 2. The number of guanidine groups is 1. The van der Waals surface area contributed by atoms with E-state index in [4.69, 9.17) is 4.74 Å². The molecule has 2 aliphatic rings. The number of rotatable bonds is 6. The smallest absolute Gasteiger partial charge is 0.254 e. The van der Waals surface area contributed by atoms with E-state index in [1.54, 1.807) is 7.05 Å². The highest BCUT2D eigenvalue weighted by Crippen LogP contribution is 2.42. The number of nitrogens with zero attached hydrogens (tertiary/aromatic N) is 2. The van der Waals surface area contributed by atoms with Crippen LogP contribution in [-0.4, -0.2) is 55.7 Å². The lowest BCUT2D eigenvalue weighted by atomic mass is 9.67. The Kier molecular flexibility index (Phi) is 9.40. The Morgan fingerprint density at radius 3 is 2.30 bits per heavy atom. The lowest BCUT2D eigenvalue weighted by molar-refractivity contribution is -0.0586. The van der Waals surface area contributed by atoms with E-state index in [1.165, 1.54) is 25.7 Å². The fourth-order valence-electron chi connectivity index (χ4n) is 4.30. The van der Waals surface area contributed by atoms with Crippen molar-refractivity contribution in [1.82, 2.24) is 15.5 Å². The van der Waals surface area contributed by atoms with Gasteiger partial charge in [-0.2, -0.15) is 0 Å². The summed E-state index contributed by atoms with van der Waals surface area (Å²) in [5.41, 5.74) is 2.31. The monoisotopic (exact) mass is 528 g/mol. The summed E-state index contributed by atoms with van der Waals surface area (Å²) < 4.78 is 5.73. The second-order valence-electron chi connectivity index (χ2n) is 8.65. The summed E-state index contributed by atoms with van der Waals surface area (Å²) in [7, 11) is 1.81. The summed E-state index contributed by atoms with van der Waals surface area (Å²) in [6.07, 6.45) is 5.34. The largest absolute Gasteiger partial charge is 0.372 e. The zero-order valence-electron chi connectivity index (χ0n) is 18.7. The molecule has 6 nitrogen and oxygen atoms in total. The third kappa shape index (κ3) is 6.33. The maximum Gasteiger partial charge on any atom is 0.254 e. The van der Waals surface area contributed by atoms with Crippen LogP contribution in [0.4, 0.5) is 0 Å². The highest BCUT2D eigenvalue weighted by Gasteiger charge is 2.34. The molecular formula is C23H37IN4O2. The van der Waals surface area contributed by atoms with Gasteiger partial charge in [-0.25, -0.2) is 0 Å². The molecule has 1 aromatic rings. The van der Waals surface area contributed by atoms with Crippen molar-refractivity contribution in [2.75, 3.05) is 26.7 Å². The molecule has 7 heteroatoms. The summed E-state index contributed by atoms with van der Waals surface area (Å²) in [5, 5.41) is 6.86. The SMILES string of the molecule is CCC1(CNC(=NC)NCc2ccc(C(=O)N3CC(C)OC(C)C3)cc2)CCC1.I. The first-order valence-corrected chi connectivity index (χ1v) is 10.9. The first-order chi connectivity index (χ1) is 13.9. The van der Waals surface area contributed by atoms with Gasteiger partial charge in [0.1, 0.15) is 0 Å². The van der Waals surface area contributed by atoms with E-state index in [0.29, 0.717) is 25.0 Å². The van der Waals surface area contributed by atoms with Gasteiger partial charge in [-0.05, 0) is 56.2 Å². The highest BCUT2D eigenvalue weighted by atomic mass is 127. The summed E-state index contributed by atoms with van der Waals surface area (Å²) in [5.74, 6) is 0.913. The molecule has 30 heavy (non-hydrogen) atoms. The van der Waals surface area contributed by atoms with Gasteiger partial charge in [-0.1, -0.05) is 25.5 Å². The van der Waals surface area contributed by atoms with Crippen molar-refractivity contribution in [3.05, 3.63) is 35.4 Å². The van der Waals surface area contributed by atoms with Crippen molar-refractivity contribution in [1.29, 1.82) is 0 Å². The van der Waals surface area contributed by atoms with Gasteiger partial charge in [-0.15, -0.1) is 24.0 Å². The molecular weight excluding hydrogens is 491 g/mol. The standard InChI is InChI=1S/C23H36N4O2.HI/c1-5-23(11-6-12-23)16-26-22(24-4)25-13-19-7-9-20(10-8-19)21(28)27-14-17(2)29-18(3)15-27;/h7-10,17-18H,5-6,11-16H2,1-4H3,(H2,24,25,26);1H. The van der Waals surface area contributed by atoms with E-state index in [2.05, 4.69) is 22.5 Å². The number of amides is 1. The fourth-order valence-corrected chi connectivity index (χ4v) is 4.30. The molecule has 1 aromatic carbocycles. The third-order valence-corrected chi connectivity index (χ3v) is 6.39. The van der Waals surface area contributed by atoms with E-state index in [-0.39, 0.29) is 42.1 Å². The molecule has 0 radical (unpaired) electrons. The Bertz CT molecular complexity index is 703. The van der Waals surface area contributed by atoms with Gasteiger partial charge in [0.25, 0.3) is 5.91 Å². The number of halogens is 1. The number of hydrogen-bond donors (Lipinski definition) is 2. The quantitative estimate of drug-likeness (QED) is 0.335. The van der Waals surface area contributed by atoms with E-state index < -0.39 is 0 Å². The van der Waals surface area contributed by atoms with Crippen LogP contribution in [0.15, 0.2) is 29.3 Å². The number of hydrogen-bond acceptors (Lipinski definition) is 3. The predicted molar refractivity (Wildman–Crippen MR) is 133 cm³/mol. The van der Waals surface area contributed by atoms with Gasteiger partial charge in [0.2, 0.25) is 0 Å². The Hall–Kier alpha value is -1.35. The second-order valence-corrected chi connectivity index (χ2v) is 8.65. The molecule has 0 bridgehead atoms. The lowest BCUT2D eigenvalue weighted by Gasteiger charge is -2.41. The molecule has 2 N–H and O–H groups in total. The minimum Gasteiger partial charge on any atom is -0.372 e. The fraction of sp³-hybridized carbons (Fsp3) is 0.652. The number of carbonyl (C=O) groups is 1. The molecule has 1 saturated heterocycles. The normalized spacial score (nSPS) is 23.2. The van der Waals surface area contributed by atoms with E-state index in [1.807, 2.05) is 43.0 Å². The molecule has 1 heterocycles. The van der Waals surface area contributed by atoms with Crippen LogP contribution in [0.3, 0.4) is 0 Å². The van der Waals surface area contributed by atoms with Crippen LogP contribution < -0.4 is 10.6 Å². The molecule has 3 rings (SSSR count). The Morgan fingerprint density at radius 1 is 1.17 bits per heavy atom. The zero-order valence-corrected chi connectivity index (χ0v) is 21.1. The first kappa shape index (κ1) is 24.9. The number of benzene rings is 1.